The molecule has 0 aromatic heterocycles. The van der Waals surface area contributed by atoms with Crippen LogP contribution in [0.3, 0.4) is 0 Å². The number of hydrogen-bond acceptors (Lipinski definition) is 2. The second-order valence-electron chi connectivity index (χ2n) is 4.93. The van der Waals surface area contributed by atoms with Gasteiger partial charge >= 0.3 is 0 Å². The zero-order valence-corrected chi connectivity index (χ0v) is 12.8. The molecule has 102 valence electrons. The third kappa shape index (κ3) is 2.38. The molecule has 2 nitrogen and oxygen atoms in total. The highest BCUT2D eigenvalue weighted by Gasteiger charge is 2.28. The standard InChI is InChI=1S/C17H15BrO2/c1-2-11-5-3-4-6-13(11)17-10-15(19)14-8-7-12(18)9-16(14)20-17/h3-9,17H,2,10H2,1H3. The fourth-order valence-corrected chi connectivity index (χ4v) is 2.98. The van der Waals surface area contributed by atoms with Crippen molar-refractivity contribution >= 4 is 21.7 Å². The van der Waals surface area contributed by atoms with Gasteiger partial charge in [-0.25, -0.2) is 0 Å². The van der Waals surface area contributed by atoms with Crippen molar-refractivity contribution in [1.82, 2.24) is 0 Å². The molecule has 1 heterocycles. The highest BCUT2D eigenvalue weighted by atomic mass is 79.9. The van der Waals surface area contributed by atoms with Gasteiger partial charge < -0.3 is 4.74 Å². The quantitative estimate of drug-likeness (QED) is 0.796. The number of carbonyl (C=O) groups is 1. The Labute approximate surface area is 126 Å². The first-order chi connectivity index (χ1) is 9.69. The van der Waals surface area contributed by atoms with Gasteiger partial charge in [0.2, 0.25) is 0 Å². The van der Waals surface area contributed by atoms with Crippen molar-refractivity contribution in [3.63, 3.8) is 0 Å². The molecule has 0 amide bonds. The lowest BCUT2D eigenvalue weighted by molar-refractivity contribution is 0.0849. The zero-order valence-electron chi connectivity index (χ0n) is 11.2. The van der Waals surface area contributed by atoms with Crippen molar-refractivity contribution in [3.05, 3.63) is 63.6 Å². The third-order valence-electron chi connectivity index (χ3n) is 3.67. The van der Waals surface area contributed by atoms with Crippen LogP contribution >= 0.6 is 15.9 Å². The molecule has 1 aliphatic rings. The van der Waals surface area contributed by atoms with E-state index in [9.17, 15) is 4.79 Å². The first-order valence-corrected chi connectivity index (χ1v) is 7.55. The predicted molar refractivity (Wildman–Crippen MR) is 82.3 cm³/mol. The molecule has 2 aromatic carbocycles. The maximum absolute atomic E-state index is 12.3. The van der Waals surface area contributed by atoms with Crippen LogP contribution in [0.5, 0.6) is 5.75 Å². The van der Waals surface area contributed by atoms with Gasteiger partial charge in [0, 0.05) is 4.47 Å². The summed E-state index contributed by atoms with van der Waals surface area (Å²) in [6.07, 6.45) is 1.17. The summed E-state index contributed by atoms with van der Waals surface area (Å²) in [6.45, 7) is 2.12. The first-order valence-electron chi connectivity index (χ1n) is 6.76. The molecule has 1 unspecified atom stereocenters. The summed E-state index contributed by atoms with van der Waals surface area (Å²) in [4.78, 5) is 12.3. The van der Waals surface area contributed by atoms with Gasteiger partial charge in [-0.3, -0.25) is 4.79 Å². The summed E-state index contributed by atoms with van der Waals surface area (Å²) in [7, 11) is 0. The van der Waals surface area contributed by atoms with Gasteiger partial charge in [0.15, 0.2) is 5.78 Å². The van der Waals surface area contributed by atoms with Gasteiger partial charge in [0.05, 0.1) is 12.0 Å². The van der Waals surface area contributed by atoms with Gasteiger partial charge in [-0.1, -0.05) is 47.1 Å². The topological polar surface area (TPSA) is 26.3 Å². The Kier molecular flexibility index (Phi) is 3.62. The number of Topliss-reactive ketones (excluding diaryl/α,β-unsaturated/α-hetero) is 1. The lowest BCUT2D eigenvalue weighted by atomic mass is 9.93. The number of carbonyl (C=O) groups excluding carboxylic acids is 1. The highest BCUT2D eigenvalue weighted by molar-refractivity contribution is 9.10. The van der Waals surface area contributed by atoms with Gasteiger partial charge in [0.1, 0.15) is 11.9 Å². The maximum atomic E-state index is 12.3. The predicted octanol–water partition coefficient (Wildman–Crippen LogP) is 4.72. The second-order valence-corrected chi connectivity index (χ2v) is 5.84. The number of ketones is 1. The Hall–Kier alpha value is -1.61. The van der Waals surface area contributed by atoms with Crippen molar-refractivity contribution in [3.8, 4) is 5.75 Å². The van der Waals surface area contributed by atoms with E-state index in [4.69, 9.17) is 4.74 Å². The number of ether oxygens (including phenoxy) is 1. The lowest BCUT2D eigenvalue weighted by Gasteiger charge is -2.27. The molecule has 3 rings (SSSR count). The second kappa shape index (κ2) is 5.41. The van der Waals surface area contributed by atoms with E-state index in [1.807, 2.05) is 30.3 Å². The molecule has 3 heteroatoms. The van der Waals surface area contributed by atoms with E-state index < -0.39 is 0 Å². The Morgan fingerprint density at radius 2 is 2.05 bits per heavy atom. The molecule has 0 saturated heterocycles. The average molecular weight is 331 g/mol. The average Bonchev–Trinajstić information content (AvgIpc) is 2.46. The molecule has 0 bridgehead atoms. The van der Waals surface area contributed by atoms with Crippen LogP contribution < -0.4 is 4.74 Å². The number of aryl methyl sites for hydroxylation is 1. The molecule has 0 aliphatic carbocycles. The van der Waals surface area contributed by atoms with Gasteiger partial charge in [-0.05, 0) is 35.7 Å². The van der Waals surface area contributed by atoms with Gasteiger partial charge in [-0.2, -0.15) is 0 Å². The van der Waals surface area contributed by atoms with E-state index in [1.54, 1.807) is 0 Å². The van der Waals surface area contributed by atoms with E-state index in [0.29, 0.717) is 17.7 Å². The van der Waals surface area contributed by atoms with Crippen LogP contribution in [0, 0.1) is 0 Å². The molecule has 0 radical (unpaired) electrons. The Morgan fingerprint density at radius 3 is 2.85 bits per heavy atom. The SMILES string of the molecule is CCc1ccccc1C1CC(=O)c2ccc(Br)cc2O1. The minimum atomic E-state index is -0.180. The summed E-state index contributed by atoms with van der Waals surface area (Å²) in [5.74, 6) is 0.821. The molecule has 0 N–H and O–H groups in total. The van der Waals surface area contributed by atoms with Gasteiger partial charge in [0.25, 0.3) is 0 Å². The summed E-state index contributed by atoms with van der Waals surface area (Å²) in [5, 5.41) is 0. The fourth-order valence-electron chi connectivity index (χ4n) is 2.64. The molecular formula is C17H15BrO2. The first kappa shape index (κ1) is 13.4. The van der Waals surface area contributed by atoms with Crippen molar-refractivity contribution in [2.24, 2.45) is 0 Å². The zero-order chi connectivity index (χ0) is 14.1. The Morgan fingerprint density at radius 1 is 1.25 bits per heavy atom. The van der Waals surface area contributed by atoms with Crippen molar-refractivity contribution < 1.29 is 9.53 Å². The van der Waals surface area contributed by atoms with E-state index >= 15 is 0 Å². The molecule has 0 saturated carbocycles. The number of hydrogen-bond donors (Lipinski definition) is 0. The van der Waals surface area contributed by atoms with Crippen LogP contribution in [0.4, 0.5) is 0 Å². The largest absolute Gasteiger partial charge is 0.484 e. The van der Waals surface area contributed by atoms with E-state index in [1.165, 1.54) is 5.56 Å². The minimum absolute atomic E-state index is 0.148. The summed E-state index contributed by atoms with van der Waals surface area (Å²) < 4.78 is 6.99. The van der Waals surface area contributed by atoms with E-state index in [-0.39, 0.29) is 11.9 Å². The van der Waals surface area contributed by atoms with E-state index in [0.717, 1.165) is 16.5 Å². The van der Waals surface area contributed by atoms with Crippen LogP contribution in [0.15, 0.2) is 46.9 Å². The molecule has 20 heavy (non-hydrogen) atoms. The van der Waals surface area contributed by atoms with Crippen molar-refractivity contribution in [1.29, 1.82) is 0 Å². The van der Waals surface area contributed by atoms with Crippen LogP contribution in [-0.4, -0.2) is 5.78 Å². The summed E-state index contributed by atoms with van der Waals surface area (Å²) in [6, 6.07) is 13.7. The summed E-state index contributed by atoms with van der Waals surface area (Å²) in [5.41, 5.74) is 3.04. The van der Waals surface area contributed by atoms with Crippen LogP contribution in [0.25, 0.3) is 0 Å². The summed E-state index contributed by atoms with van der Waals surface area (Å²) >= 11 is 3.42. The number of fused-ring (bicyclic) bond motifs is 1. The number of benzene rings is 2. The number of rotatable bonds is 2. The third-order valence-corrected chi connectivity index (χ3v) is 4.16. The molecule has 2 aromatic rings. The number of halogens is 1. The fraction of sp³-hybridized carbons (Fsp3) is 0.235. The Bertz CT molecular complexity index is 664. The van der Waals surface area contributed by atoms with Crippen molar-refractivity contribution in [2.75, 3.05) is 0 Å². The van der Waals surface area contributed by atoms with Crippen LogP contribution in [-0.2, 0) is 6.42 Å². The molecule has 0 fully saturated rings. The van der Waals surface area contributed by atoms with E-state index in [2.05, 4.69) is 35.0 Å². The smallest absolute Gasteiger partial charge is 0.170 e. The lowest BCUT2D eigenvalue weighted by Crippen LogP contribution is -2.21. The van der Waals surface area contributed by atoms with Crippen molar-refractivity contribution in [2.45, 2.75) is 25.9 Å². The minimum Gasteiger partial charge on any atom is -0.484 e. The monoisotopic (exact) mass is 330 g/mol. The van der Waals surface area contributed by atoms with Crippen LogP contribution in [0.2, 0.25) is 0 Å². The molecule has 1 atom stereocenters. The van der Waals surface area contributed by atoms with Crippen LogP contribution in [0.1, 0.15) is 40.9 Å². The van der Waals surface area contributed by atoms with Gasteiger partial charge in [-0.15, -0.1) is 0 Å². The molecule has 0 spiro atoms. The Balaban J connectivity index is 2.00. The normalized spacial score (nSPS) is 17.5. The maximum Gasteiger partial charge on any atom is 0.170 e. The highest BCUT2D eigenvalue weighted by Crippen LogP contribution is 2.37. The molecule has 1 aliphatic heterocycles. The molecular weight excluding hydrogens is 316 g/mol.